The van der Waals surface area contributed by atoms with Gasteiger partial charge in [-0.25, -0.2) is 4.79 Å². The molecule has 0 N–H and O–H groups in total. The Morgan fingerprint density at radius 3 is 2.25 bits per heavy atom. The Kier molecular flexibility index (Phi) is 5.17. The van der Waals surface area contributed by atoms with Gasteiger partial charge in [0.25, 0.3) is 0 Å². The topological polar surface area (TPSA) is 35.5 Å². The fraction of sp³-hybridized carbons (Fsp3) is 0.667. The molecule has 0 saturated heterocycles. The maximum atomic E-state index is 10.6. The standard InChI is InChI=1S/C9H16O3/c1-5-8(7(2)3)6-12-9(10)11-4/h5-6H2,1-4H3. The average Bonchev–Trinajstić information content (AvgIpc) is 2.04. The summed E-state index contributed by atoms with van der Waals surface area (Å²) in [5.41, 5.74) is 2.34. The van der Waals surface area contributed by atoms with Crippen molar-refractivity contribution in [3.8, 4) is 0 Å². The molecule has 0 spiro atoms. The molecule has 0 aliphatic heterocycles. The number of methoxy groups -OCH3 is 1. The van der Waals surface area contributed by atoms with Crippen molar-refractivity contribution in [3.05, 3.63) is 11.1 Å². The first kappa shape index (κ1) is 11.0. The molecule has 0 amide bonds. The first-order valence-electron chi connectivity index (χ1n) is 3.97. The smallest absolute Gasteiger partial charge is 0.438 e. The van der Waals surface area contributed by atoms with Crippen LogP contribution < -0.4 is 0 Å². The zero-order valence-electron chi connectivity index (χ0n) is 8.14. The van der Waals surface area contributed by atoms with Crippen LogP contribution in [0.15, 0.2) is 11.1 Å². The molecule has 0 unspecified atom stereocenters. The molecule has 70 valence electrons. The van der Waals surface area contributed by atoms with Gasteiger partial charge in [-0.15, -0.1) is 0 Å². The highest BCUT2D eigenvalue weighted by Gasteiger charge is 2.02. The maximum Gasteiger partial charge on any atom is 0.508 e. The van der Waals surface area contributed by atoms with E-state index in [1.54, 1.807) is 0 Å². The Bertz CT molecular complexity index is 178. The van der Waals surface area contributed by atoms with Crippen LogP contribution in [0.3, 0.4) is 0 Å². The van der Waals surface area contributed by atoms with E-state index in [9.17, 15) is 4.79 Å². The van der Waals surface area contributed by atoms with Crippen molar-refractivity contribution >= 4 is 6.16 Å². The Balaban J connectivity index is 3.91. The van der Waals surface area contributed by atoms with Gasteiger partial charge < -0.3 is 9.47 Å². The van der Waals surface area contributed by atoms with Gasteiger partial charge in [0.2, 0.25) is 0 Å². The van der Waals surface area contributed by atoms with E-state index >= 15 is 0 Å². The van der Waals surface area contributed by atoms with Gasteiger partial charge >= 0.3 is 6.16 Å². The van der Waals surface area contributed by atoms with Crippen LogP contribution in [0.1, 0.15) is 27.2 Å². The highest BCUT2D eigenvalue weighted by atomic mass is 16.7. The molecule has 0 fully saturated rings. The molecule has 0 aromatic rings. The summed E-state index contributed by atoms with van der Waals surface area (Å²) < 4.78 is 9.13. The van der Waals surface area contributed by atoms with E-state index in [1.165, 1.54) is 12.7 Å². The fourth-order valence-electron chi connectivity index (χ4n) is 0.805. The monoisotopic (exact) mass is 172 g/mol. The van der Waals surface area contributed by atoms with Crippen molar-refractivity contribution in [2.24, 2.45) is 0 Å². The summed E-state index contributed by atoms with van der Waals surface area (Å²) in [7, 11) is 1.30. The van der Waals surface area contributed by atoms with Gasteiger partial charge in [-0.2, -0.15) is 0 Å². The number of carbonyl (C=O) groups is 1. The molecule has 0 aliphatic rings. The molecule has 12 heavy (non-hydrogen) atoms. The lowest BCUT2D eigenvalue weighted by Crippen LogP contribution is -2.07. The van der Waals surface area contributed by atoms with Crippen LogP contribution in [0.5, 0.6) is 0 Å². The molecule has 0 aliphatic carbocycles. The number of rotatable bonds is 3. The minimum Gasteiger partial charge on any atom is -0.438 e. The predicted molar refractivity (Wildman–Crippen MR) is 47.0 cm³/mol. The van der Waals surface area contributed by atoms with Crippen LogP contribution in [-0.4, -0.2) is 19.9 Å². The van der Waals surface area contributed by atoms with Crippen LogP contribution in [0.4, 0.5) is 4.79 Å². The lowest BCUT2D eigenvalue weighted by molar-refractivity contribution is 0.0792. The fourth-order valence-corrected chi connectivity index (χ4v) is 0.805. The van der Waals surface area contributed by atoms with Crippen molar-refractivity contribution in [2.45, 2.75) is 27.2 Å². The second-order valence-corrected chi connectivity index (χ2v) is 2.70. The number of ether oxygens (including phenoxy) is 2. The third-order valence-electron chi connectivity index (χ3n) is 1.66. The Labute approximate surface area is 73.4 Å². The first-order chi connectivity index (χ1) is 5.61. The van der Waals surface area contributed by atoms with Gasteiger partial charge in [-0.1, -0.05) is 12.5 Å². The van der Waals surface area contributed by atoms with E-state index < -0.39 is 6.16 Å². The zero-order chi connectivity index (χ0) is 9.56. The molecule has 0 heterocycles. The Morgan fingerprint density at radius 2 is 1.92 bits per heavy atom. The van der Waals surface area contributed by atoms with E-state index in [2.05, 4.69) is 4.74 Å². The van der Waals surface area contributed by atoms with E-state index in [4.69, 9.17) is 4.74 Å². The summed E-state index contributed by atoms with van der Waals surface area (Å²) in [6.45, 7) is 6.37. The van der Waals surface area contributed by atoms with Crippen molar-refractivity contribution in [1.29, 1.82) is 0 Å². The van der Waals surface area contributed by atoms with Crippen LogP contribution in [0, 0.1) is 0 Å². The molecule has 3 heteroatoms. The van der Waals surface area contributed by atoms with Gasteiger partial charge in [0.1, 0.15) is 6.61 Å². The number of hydrogen-bond donors (Lipinski definition) is 0. The zero-order valence-corrected chi connectivity index (χ0v) is 8.14. The minimum absolute atomic E-state index is 0.339. The third kappa shape index (κ3) is 4.01. The normalized spacial score (nSPS) is 9.00. The summed E-state index contributed by atoms with van der Waals surface area (Å²) in [6.07, 6.45) is 0.279. The van der Waals surface area contributed by atoms with Gasteiger partial charge in [-0.05, 0) is 25.8 Å². The first-order valence-corrected chi connectivity index (χ1v) is 3.97. The van der Waals surface area contributed by atoms with Crippen LogP contribution >= 0.6 is 0 Å². The molecule has 0 aromatic carbocycles. The van der Waals surface area contributed by atoms with Crippen LogP contribution in [-0.2, 0) is 9.47 Å². The molecule has 0 rings (SSSR count). The Morgan fingerprint density at radius 1 is 1.33 bits per heavy atom. The van der Waals surface area contributed by atoms with Gasteiger partial charge in [-0.3, -0.25) is 0 Å². The van der Waals surface area contributed by atoms with Gasteiger partial charge in [0.15, 0.2) is 0 Å². The SMILES string of the molecule is CCC(COC(=O)OC)=C(C)C. The lowest BCUT2D eigenvalue weighted by Gasteiger charge is -2.07. The summed E-state index contributed by atoms with van der Waals surface area (Å²) in [6, 6.07) is 0. The molecule has 0 aromatic heterocycles. The van der Waals surface area contributed by atoms with Crippen molar-refractivity contribution in [2.75, 3.05) is 13.7 Å². The predicted octanol–water partition coefficient (Wildman–Crippen LogP) is 2.52. The Hall–Kier alpha value is -0.990. The van der Waals surface area contributed by atoms with Crippen molar-refractivity contribution < 1.29 is 14.3 Å². The van der Waals surface area contributed by atoms with Crippen molar-refractivity contribution in [1.82, 2.24) is 0 Å². The molecule has 0 atom stereocenters. The highest BCUT2D eigenvalue weighted by Crippen LogP contribution is 2.08. The van der Waals surface area contributed by atoms with Crippen molar-refractivity contribution in [3.63, 3.8) is 0 Å². The minimum atomic E-state index is -0.623. The molecular weight excluding hydrogens is 156 g/mol. The molecule has 0 radical (unpaired) electrons. The van der Waals surface area contributed by atoms with E-state index in [1.807, 2.05) is 20.8 Å². The second kappa shape index (κ2) is 5.63. The maximum absolute atomic E-state index is 10.6. The highest BCUT2D eigenvalue weighted by molar-refractivity contribution is 5.59. The second-order valence-electron chi connectivity index (χ2n) is 2.70. The van der Waals surface area contributed by atoms with E-state index in [-0.39, 0.29) is 0 Å². The average molecular weight is 172 g/mol. The number of hydrogen-bond acceptors (Lipinski definition) is 3. The lowest BCUT2D eigenvalue weighted by atomic mass is 10.1. The van der Waals surface area contributed by atoms with E-state index in [0.29, 0.717) is 6.61 Å². The summed E-state index contributed by atoms with van der Waals surface area (Å²) >= 11 is 0. The number of allylic oxidation sites excluding steroid dienone is 1. The molecule has 0 saturated carbocycles. The van der Waals surface area contributed by atoms with Gasteiger partial charge in [0, 0.05) is 0 Å². The summed E-state index contributed by atoms with van der Waals surface area (Å²) in [5, 5.41) is 0. The third-order valence-corrected chi connectivity index (χ3v) is 1.66. The number of carbonyl (C=O) groups excluding carboxylic acids is 1. The molecule has 0 bridgehead atoms. The molecule has 3 nitrogen and oxygen atoms in total. The summed E-state index contributed by atoms with van der Waals surface area (Å²) in [5.74, 6) is 0. The van der Waals surface area contributed by atoms with Crippen LogP contribution in [0.2, 0.25) is 0 Å². The molecular formula is C9H16O3. The van der Waals surface area contributed by atoms with E-state index in [0.717, 1.165) is 12.0 Å². The quantitative estimate of drug-likeness (QED) is 0.484. The van der Waals surface area contributed by atoms with Gasteiger partial charge in [0.05, 0.1) is 7.11 Å². The van der Waals surface area contributed by atoms with Crippen LogP contribution in [0.25, 0.3) is 0 Å². The largest absolute Gasteiger partial charge is 0.508 e. The summed E-state index contributed by atoms with van der Waals surface area (Å²) in [4.78, 5) is 10.6.